The Morgan fingerprint density at radius 1 is 0.926 bits per heavy atom. The molecule has 0 unspecified atom stereocenters. The summed E-state index contributed by atoms with van der Waals surface area (Å²) in [7, 11) is 0. The lowest BCUT2D eigenvalue weighted by molar-refractivity contribution is 0.358. The van der Waals surface area contributed by atoms with Crippen molar-refractivity contribution < 1.29 is 4.74 Å². The van der Waals surface area contributed by atoms with Crippen LogP contribution in [0.2, 0.25) is 0 Å². The monoisotopic (exact) mass is 351 g/mol. The first-order valence-corrected chi connectivity index (χ1v) is 9.16. The molecule has 1 aliphatic rings. The van der Waals surface area contributed by atoms with Crippen LogP contribution in [0.1, 0.15) is 5.56 Å². The summed E-state index contributed by atoms with van der Waals surface area (Å²) in [4.78, 5) is 11.3. The lowest BCUT2D eigenvalue weighted by Crippen LogP contribution is -1.88. The molecule has 0 atom stereocenters. The van der Waals surface area contributed by atoms with Crippen molar-refractivity contribution in [3.05, 3.63) is 72.7 Å². The number of hydrogen-bond acceptors (Lipinski definition) is 2. The smallest absolute Gasteiger partial charge is 0.137 e. The summed E-state index contributed by atoms with van der Waals surface area (Å²) in [5, 5.41) is 2.33. The van der Waals surface area contributed by atoms with Crippen LogP contribution in [0.15, 0.2) is 67.1 Å². The van der Waals surface area contributed by atoms with Crippen LogP contribution in [0, 0.1) is 0 Å². The van der Waals surface area contributed by atoms with Crippen molar-refractivity contribution in [3.8, 4) is 28.0 Å². The van der Waals surface area contributed by atoms with Gasteiger partial charge in [0, 0.05) is 52.6 Å². The Hall–Kier alpha value is -3.53. The lowest BCUT2D eigenvalue weighted by atomic mass is 9.99. The minimum absolute atomic E-state index is 0.758. The molecule has 0 amide bonds. The molecule has 3 aromatic heterocycles. The predicted molar refractivity (Wildman–Crippen MR) is 108 cm³/mol. The maximum Gasteiger partial charge on any atom is 0.137 e. The Morgan fingerprint density at radius 3 is 2.93 bits per heavy atom. The predicted octanol–water partition coefficient (Wildman–Crippen LogP) is 5.31. The number of fused-ring (bicyclic) bond motifs is 3. The second-order valence-electron chi connectivity index (χ2n) is 6.99. The van der Waals surface area contributed by atoms with Gasteiger partial charge in [0.25, 0.3) is 0 Å². The second-order valence-corrected chi connectivity index (χ2v) is 6.99. The molecule has 1 aliphatic heterocycles. The van der Waals surface area contributed by atoms with E-state index in [9.17, 15) is 0 Å². The van der Waals surface area contributed by atoms with Gasteiger partial charge in [-0.1, -0.05) is 30.3 Å². The average Bonchev–Trinajstić information content (AvgIpc) is 3.44. The van der Waals surface area contributed by atoms with E-state index in [-0.39, 0.29) is 0 Å². The highest BCUT2D eigenvalue weighted by molar-refractivity contribution is 5.98. The molecule has 0 saturated heterocycles. The van der Waals surface area contributed by atoms with Crippen molar-refractivity contribution in [2.45, 2.75) is 6.42 Å². The van der Waals surface area contributed by atoms with Crippen molar-refractivity contribution in [1.82, 2.24) is 15.0 Å². The second kappa shape index (κ2) is 5.48. The van der Waals surface area contributed by atoms with Gasteiger partial charge in [-0.15, -0.1) is 0 Å². The van der Waals surface area contributed by atoms with E-state index in [0.717, 1.165) is 57.6 Å². The van der Waals surface area contributed by atoms with Crippen LogP contribution in [0.4, 0.5) is 0 Å². The highest BCUT2D eigenvalue weighted by Crippen LogP contribution is 2.40. The standard InChI is InChI=1S/C23H17N3O/c1-2-15-7-9-27-22(15)18(3-1)20-13-26-23-19(20)10-17(12-25-23)16-5-4-14-6-8-24-21(14)11-16/h1-6,8,10-13,24H,7,9H2,(H,25,26). The Kier molecular flexibility index (Phi) is 2.97. The molecule has 4 heterocycles. The molecule has 0 bridgehead atoms. The van der Waals surface area contributed by atoms with E-state index in [0.29, 0.717) is 0 Å². The number of nitrogens with zero attached hydrogens (tertiary/aromatic N) is 1. The average molecular weight is 351 g/mol. The number of pyridine rings is 1. The molecule has 4 heteroatoms. The fraction of sp³-hybridized carbons (Fsp3) is 0.0870. The number of aromatic nitrogens is 3. The topological polar surface area (TPSA) is 53.7 Å². The van der Waals surface area contributed by atoms with E-state index in [1.165, 1.54) is 10.9 Å². The molecule has 27 heavy (non-hydrogen) atoms. The summed E-state index contributed by atoms with van der Waals surface area (Å²) in [5.74, 6) is 1.01. The summed E-state index contributed by atoms with van der Waals surface area (Å²) in [6.45, 7) is 0.758. The molecule has 0 radical (unpaired) electrons. The normalized spacial score (nSPS) is 13.2. The minimum atomic E-state index is 0.758. The molecule has 4 nitrogen and oxygen atoms in total. The summed E-state index contributed by atoms with van der Waals surface area (Å²) >= 11 is 0. The summed E-state index contributed by atoms with van der Waals surface area (Å²) < 4.78 is 5.92. The van der Waals surface area contributed by atoms with Crippen molar-refractivity contribution >= 4 is 21.9 Å². The van der Waals surface area contributed by atoms with Crippen LogP contribution in [-0.2, 0) is 6.42 Å². The first kappa shape index (κ1) is 14.6. The molecule has 0 fully saturated rings. The summed E-state index contributed by atoms with van der Waals surface area (Å²) in [6, 6.07) is 17.1. The van der Waals surface area contributed by atoms with Crippen LogP contribution >= 0.6 is 0 Å². The molecule has 6 rings (SSSR count). The third kappa shape index (κ3) is 2.20. The van der Waals surface area contributed by atoms with E-state index in [2.05, 4.69) is 63.5 Å². The maximum atomic E-state index is 5.92. The third-order valence-electron chi connectivity index (χ3n) is 5.42. The zero-order valence-corrected chi connectivity index (χ0v) is 14.6. The Bertz CT molecular complexity index is 1310. The largest absolute Gasteiger partial charge is 0.492 e. The van der Waals surface area contributed by atoms with Gasteiger partial charge in [0.05, 0.1) is 6.61 Å². The Morgan fingerprint density at radius 2 is 1.93 bits per heavy atom. The molecule has 2 aromatic carbocycles. The van der Waals surface area contributed by atoms with Crippen LogP contribution in [0.5, 0.6) is 5.75 Å². The first-order valence-electron chi connectivity index (χ1n) is 9.16. The van der Waals surface area contributed by atoms with Gasteiger partial charge in [0.15, 0.2) is 0 Å². The lowest BCUT2D eigenvalue weighted by Gasteiger charge is -2.08. The van der Waals surface area contributed by atoms with Crippen molar-refractivity contribution in [1.29, 1.82) is 0 Å². The van der Waals surface area contributed by atoms with Gasteiger partial charge in [-0.25, -0.2) is 4.98 Å². The first-order chi connectivity index (χ1) is 13.4. The van der Waals surface area contributed by atoms with Gasteiger partial charge in [0.1, 0.15) is 11.4 Å². The van der Waals surface area contributed by atoms with Gasteiger partial charge < -0.3 is 14.7 Å². The highest BCUT2D eigenvalue weighted by atomic mass is 16.5. The third-order valence-corrected chi connectivity index (χ3v) is 5.42. The van der Waals surface area contributed by atoms with Gasteiger partial charge in [-0.05, 0) is 34.7 Å². The molecule has 130 valence electrons. The van der Waals surface area contributed by atoms with Gasteiger partial charge in [0.2, 0.25) is 0 Å². The van der Waals surface area contributed by atoms with E-state index in [1.54, 1.807) is 0 Å². The number of hydrogen-bond donors (Lipinski definition) is 2. The number of para-hydroxylation sites is 1. The fourth-order valence-corrected chi connectivity index (χ4v) is 4.04. The number of ether oxygens (including phenoxy) is 1. The SMILES string of the molecule is c1cc2c(c(-c3c[nH]c4ncc(-c5ccc6cc[nH]c6c5)cc34)c1)OCC2. The zero-order valence-electron chi connectivity index (χ0n) is 14.6. The van der Waals surface area contributed by atoms with Crippen LogP contribution in [0.3, 0.4) is 0 Å². The van der Waals surface area contributed by atoms with Crippen LogP contribution in [-0.4, -0.2) is 21.6 Å². The highest BCUT2D eigenvalue weighted by Gasteiger charge is 2.19. The van der Waals surface area contributed by atoms with E-state index >= 15 is 0 Å². The van der Waals surface area contributed by atoms with E-state index < -0.39 is 0 Å². The molecule has 0 saturated carbocycles. The fourth-order valence-electron chi connectivity index (χ4n) is 4.04. The number of rotatable bonds is 2. The van der Waals surface area contributed by atoms with Gasteiger partial charge in [-0.3, -0.25) is 0 Å². The molecule has 0 aliphatic carbocycles. The zero-order chi connectivity index (χ0) is 17.8. The Labute approximate surface area is 155 Å². The summed E-state index contributed by atoms with van der Waals surface area (Å²) in [5.41, 5.74) is 7.84. The molecule has 0 spiro atoms. The molecule has 2 N–H and O–H groups in total. The molecular formula is C23H17N3O. The van der Waals surface area contributed by atoms with Crippen molar-refractivity contribution in [3.63, 3.8) is 0 Å². The summed E-state index contributed by atoms with van der Waals surface area (Å²) in [6.07, 6.45) is 6.91. The van der Waals surface area contributed by atoms with E-state index in [1.807, 2.05) is 18.6 Å². The molecule has 5 aromatic rings. The maximum absolute atomic E-state index is 5.92. The van der Waals surface area contributed by atoms with Gasteiger partial charge >= 0.3 is 0 Å². The van der Waals surface area contributed by atoms with Crippen molar-refractivity contribution in [2.24, 2.45) is 0 Å². The molecular weight excluding hydrogens is 334 g/mol. The number of aromatic amines is 2. The minimum Gasteiger partial charge on any atom is -0.492 e. The van der Waals surface area contributed by atoms with E-state index in [4.69, 9.17) is 4.74 Å². The van der Waals surface area contributed by atoms with Gasteiger partial charge in [-0.2, -0.15) is 0 Å². The number of benzene rings is 2. The van der Waals surface area contributed by atoms with Crippen molar-refractivity contribution in [2.75, 3.05) is 6.61 Å². The van der Waals surface area contributed by atoms with Crippen LogP contribution in [0.25, 0.3) is 44.2 Å². The number of H-pyrrole nitrogens is 2. The van der Waals surface area contributed by atoms with Crippen LogP contribution < -0.4 is 4.74 Å². The number of nitrogens with one attached hydrogen (secondary N) is 2. The Balaban J connectivity index is 1.54. The quantitative estimate of drug-likeness (QED) is 0.453.